The van der Waals surface area contributed by atoms with Crippen LogP contribution in [0.5, 0.6) is 0 Å². The second kappa shape index (κ2) is 11.9. The number of aliphatic hydroxyl groups is 1. The van der Waals surface area contributed by atoms with E-state index < -0.39 is 35.8 Å². The lowest BCUT2D eigenvalue weighted by atomic mass is 10.2. The molecule has 36 heavy (non-hydrogen) atoms. The lowest BCUT2D eigenvalue weighted by molar-refractivity contribution is -0.181. The van der Waals surface area contributed by atoms with E-state index in [4.69, 9.17) is 18.9 Å². The summed E-state index contributed by atoms with van der Waals surface area (Å²) >= 11 is 0. The predicted octanol–water partition coefficient (Wildman–Crippen LogP) is 1.97. The van der Waals surface area contributed by atoms with Gasteiger partial charge in [-0.2, -0.15) is 0 Å². The van der Waals surface area contributed by atoms with E-state index in [1.165, 1.54) is 10.8 Å². The first kappa shape index (κ1) is 25.5. The first-order chi connectivity index (χ1) is 17.5. The molecule has 0 saturated carbocycles. The quantitative estimate of drug-likeness (QED) is 0.424. The fourth-order valence-corrected chi connectivity index (χ4v) is 3.89. The summed E-state index contributed by atoms with van der Waals surface area (Å²) in [5, 5.41) is 9.17. The molecule has 0 spiro atoms. The Morgan fingerprint density at radius 2 is 1.78 bits per heavy atom. The van der Waals surface area contributed by atoms with Crippen molar-refractivity contribution < 1.29 is 28.8 Å². The second-order valence-corrected chi connectivity index (χ2v) is 8.30. The van der Waals surface area contributed by atoms with Crippen LogP contribution in [0.25, 0.3) is 0 Å². The molecule has 0 unspecified atom stereocenters. The van der Waals surface area contributed by atoms with E-state index in [1.54, 1.807) is 37.3 Å². The van der Waals surface area contributed by atoms with Gasteiger partial charge in [-0.15, -0.1) is 0 Å². The molecule has 10 heteroatoms. The Balaban J connectivity index is 1.53. The third kappa shape index (κ3) is 5.97. The molecule has 1 aliphatic heterocycles. The summed E-state index contributed by atoms with van der Waals surface area (Å²) < 4.78 is 24.9. The van der Waals surface area contributed by atoms with Crippen LogP contribution in [0.2, 0.25) is 0 Å². The summed E-state index contributed by atoms with van der Waals surface area (Å²) in [6.45, 7) is 1.28. The molecule has 1 aromatic heterocycles. The van der Waals surface area contributed by atoms with Crippen molar-refractivity contribution in [2.45, 2.75) is 45.3 Å². The monoisotopic (exact) mass is 496 g/mol. The molecule has 3 aromatic rings. The second-order valence-electron chi connectivity index (χ2n) is 8.30. The van der Waals surface area contributed by atoms with E-state index in [0.29, 0.717) is 11.1 Å². The fraction of sp³-hybridized carbons (Fsp3) is 0.346. The maximum Gasteiger partial charge on any atom is 0.338 e. The number of aliphatic hydroxyl groups excluding tert-OH is 1. The Kier molecular flexibility index (Phi) is 8.44. The number of hydrogen-bond donors (Lipinski definition) is 1. The van der Waals surface area contributed by atoms with Gasteiger partial charge < -0.3 is 24.1 Å². The van der Waals surface area contributed by atoms with Gasteiger partial charge >= 0.3 is 11.7 Å². The Hall–Kier alpha value is -3.57. The van der Waals surface area contributed by atoms with Crippen molar-refractivity contribution in [3.05, 3.63) is 104 Å². The van der Waals surface area contributed by atoms with Crippen LogP contribution < -0.4 is 11.2 Å². The standard InChI is InChI=1S/C26H28N2O8/c1-18-15-27(26(32)28(23(18)30)17-33-16-19-8-4-2-5-9-19)22-14-21(25(36-22)34-13-12-29)35-24(31)20-10-6-3-7-11-20/h2-11,15,21-22,25,29H,12-14,16-17H2,1H3/t21-,22+,25-/m0/s1. The van der Waals surface area contributed by atoms with E-state index >= 15 is 0 Å². The average molecular weight is 497 g/mol. The number of hydrogen-bond acceptors (Lipinski definition) is 8. The molecule has 0 amide bonds. The number of carbonyl (C=O) groups is 1. The van der Waals surface area contributed by atoms with Crippen molar-refractivity contribution >= 4 is 5.97 Å². The average Bonchev–Trinajstić information content (AvgIpc) is 3.30. The molecule has 0 aliphatic carbocycles. The first-order valence-electron chi connectivity index (χ1n) is 11.6. The highest BCUT2D eigenvalue weighted by molar-refractivity contribution is 5.89. The summed E-state index contributed by atoms with van der Waals surface area (Å²) in [4.78, 5) is 38.5. The molecular weight excluding hydrogens is 468 g/mol. The zero-order valence-electron chi connectivity index (χ0n) is 19.8. The third-order valence-corrected chi connectivity index (χ3v) is 5.68. The highest BCUT2D eigenvalue weighted by atomic mass is 16.7. The SMILES string of the molecule is Cc1cn([C@H]2C[C@H](OC(=O)c3ccccc3)[C@@H](OCCO)O2)c(=O)n(COCc2ccccc2)c1=O. The Bertz CT molecular complexity index is 1270. The molecule has 1 fully saturated rings. The van der Waals surface area contributed by atoms with Gasteiger partial charge in [-0.05, 0) is 24.6 Å². The van der Waals surface area contributed by atoms with Crippen molar-refractivity contribution in [1.82, 2.24) is 9.13 Å². The van der Waals surface area contributed by atoms with Gasteiger partial charge in [0.2, 0.25) is 0 Å². The number of nitrogens with zero attached hydrogens (tertiary/aromatic N) is 2. The number of ether oxygens (including phenoxy) is 4. The van der Waals surface area contributed by atoms with E-state index in [-0.39, 0.29) is 33.0 Å². The van der Waals surface area contributed by atoms with E-state index in [1.807, 2.05) is 30.3 Å². The number of esters is 1. The van der Waals surface area contributed by atoms with Gasteiger partial charge in [0, 0.05) is 18.2 Å². The van der Waals surface area contributed by atoms with Crippen LogP contribution in [0.3, 0.4) is 0 Å². The van der Waals surface area contributed by atoms with Crippen LogP contribution in [-0.4, -0.2) is 45.8 Å². The number of carbonyl (C=O) groups excluding carboxylic acids is 1. The molecule has 1 aliphatic rings. The number of benzene rings is 2. The van der Waals surface area contributed by atoms with Crippen LogP contribution in [0.4, 0.5) is 0 Å². The molecule has 1 N–H and O–H groups in total. The summed E-state index contributed by atoms with van der Waals surface area (Å²) in [5.41, 5.74) is 0.490. The smallest absolute Gasteiger partial charge is 0.338 e. The van der Waals surface area contributed by atoms with Gasteiger partial charge in [0.25, 0.3) is 5.56 Å². The van der Waals surface area contributed by atoms with Gasteiger partial charge in [0.1, 0.15) is 13.0 Å². The zero-order chi connectivity index (χ0) is 25.5. The van der Waals surface area contributed by atoms with Gasteiger partial charge in [0.15, 0.2) is 12.4 Å². The Labute approximate surface area is 207 Å². The molecule has 0 radical (unpaired) electrons. The molecule has 3 atom stereocenters. The first-order valence-corrected chi connectivity index (χ1v) is 11.6. The number of aromatic nitrogens is 2. The minimum absolute atomic E-state index is 0.0441. The van der Waals surface area contributed by atoms with Crippen LogP contribution >= 0.6 is 0 Å². The topological polar surface area (TPSA) is 118 Å². The van der Waals surface area contributed by atoms with Crippen molar-refractivity contribution in [3.8, 4) is 0 Å². The maximum absolute atomic E-state index is 13.2. The lowest BCUT2D eigenvalue weighted by Crippen LogP contribution is -2.42. The minimum atomic E-state index is -1.00. The normalized spacial score (nSPS) is 19.3. The Morgan fingerprint density at radius 3 is 2.47 bits per heavy atom. The highest BCUT2D eigenvalue weighted by Gasteiger charge is 2.40. The summed E-state index contributed by atoms with van der Waals surface area (Å²) in [6.07, 6.45) is -1.19. The molecule has 10 nitrogen and oxygen atoms in total. The van der Waals surface area contributed by atoms with E-state index in [9.17, 15) is 19.5 Å². The van der Waals surface area contributed by atoms with Gasteiger partial charge in [-0.25, -0.2) is 14.2 Å². The van der Waals surface area contributed by atoms with Gasteiger partial charge in [-0.3, -0.25) is 9.36 Å². The number of aryl methyl sites for hydroxylation is 1. The van der Waals surface area contributed by atoms with E-state index in [0.717, 1.165) is 10.1 Å². The Morgan fingerprint density at radius 1 is 1.08 bits per heavy atom. The van der Waals surface area contributed by atoms with Crippen molar-refractivity contribution in [2.24, 2.45) is 0 Å². The molecule has 190 valence electrons. The van der Waals surface area contributed by atoms with E-state index in [2.05, 4.69) is 0 Å². The molecule has 2 heterocycles. The largest absolute Gasteiger partial charge is 0.453 e. The lowest BCUT2D eigenvalue weighted by Gasteiger charge is -2.19. The van der Waals surface area contributed by atoms with Crippen LogP contribution in [-0.2, 0) is 32.3 Å². The van der Waals surface area contributed by atoms with Gasteiger partial charge in [0.05, 0.1) is 25.4 Å². The summed E-state index contributed by atoms with van der Waals surface area (Å²) in [6, 6.07) is 17.9. The molecule has 1 saturated heterocycles. The fourth-order valence-electron chi connectivity index (χ4n) is 3.89. The van der Waals surface area contributed by atoms with Gasteiger partial charge in [-0.1, -0.05) is 48.5 Å². The highest BCUT2D eigenvalue weighted by Crippen LogP contribution is 2.31. The maximum atomic E-state index is 13.2. The molecule has 0 bridgehead atoms. The van der Waals surface area contributed by atoms with Crippen molar-refractivity contribution in [1.29, 1.82) is 0 Å². The van der Waals surface area contributed by atoms with Crippen LogP contribution in [0.15, 0.2) is 76.4 Å². The molecular formula is C26H28N2O8. The number of rotatable bonds is 10. The van der Waals surface area contributed by atoms with Crippen molar-refractivity contribution in [2.75, 3.05) is 13.2 Å². The summed E-state index contributed by atoms with van der Waals surface area (Å²) in [7, 11) is 0. The van der Waals surface area contributed by atoms with Crippen molar-refractivity contribution in [3.63, 3.8) is 0 Å². The zero-order valence-corrected chi connectivity index (χ0v) is 19.8. The summed E-state index contributed by atoms with van der Waals surface area (Å²) in [5.74, 6) is -0.565. The predicted molar refractivity (Wildman–Crippen MR) is 128 cm³/mol. The third-order valence-electron chi connectivity index (χ3n) is 5.68. The minimum Gasteiger partial charge on any atom is -0.453 e. The molecule has 2 aromatic carbocycles. The van der Waals surface area contributed by atoms with Crippen LogP contribution in [0.1, 0.15) is 34.1 Å². The molecule has 4 rings (SSSR count). The van der Waals surface area contributed by atoms with Crippen LogP contribution in [0, 0.1) is 6.92 Å².